The highest BCUT2D eigenvalue weighted by molar-refractivity contribution is 6.30. The van der Waals surface area contributed by atoms with Crippen LogP contribution in [0.3, 0.4) is 0 Å². The fraction of sp³-hybridized carbons (Fsp3) is 0.278. The Morgan fingerprint density at radius 2 is 1.74 bits per heavy atom. The molecular formula is C18H19ClFNO2. The Bertz CT molecular complexity index is 641. The molecule has 3 nitrogen and oxygen atoms in total. The first-order valence-corrected chi connectivity index (χ1v) is 7.76. The van der Waals surface area contributed by atoms with Crippen LogP contribution in [-0.4, -0.2) is 12.5 Å². The highest BCUT2D eigenvalue weighted by Gasteiger charge is 2.18. The number of nitrogens with one attached hydrogen (secondary N) is 1. The van der Waals surface area contributed by atoms with Gasteiger partial charge in [0.2, 0.25) is 0 Å². The van der Waals surface area contributed by atoms with Crippen molar-refractivity contribution < 1.29 is 13.9 Å². The third kappa shape index (κ3) is 5.25. The molecule has 23 heavy (non-hydrogen) atoms. The predicted molar refractivity (Wildman–Crippen MR) is 89.1 cm³/mol. The van der Waals surface area contributed by atoms with Crippen LogP contribution in [0.5, 0.6) is 5.75 Å². The molecule has 122 valence electrons. The molecule has 0 aliphatic heterocycles. The molecule has 2 aromatic carbocycles. The van der Waals surface area contributed by atoms with Crippen molar-refractivity contribution in [3.63, 3.8) is 0 Å². The molecule has 1 amide bonds. The van der Waals surface area contributed by atoms with Crippen LogP contribution in [0.25, 0.3) is 0 Å². The summed E-state index contributed by atoms with van der Waals surface area (Å²) in [7, 11) is 0. The number of hydrogen-bond donors (Lipinski definition) is 1. The lowest BCUT2D eigenvalue weighted by Crippen LogP contribution is -2.35. The lowest BCUT2D eigenvalue weighted by atomic mass is 9.96. The number of ether oxygens (including phenoxy) is 1. The fourth-order valence-corrected chi connectivity index (χ4v) is 2.33. The minimum Gasteiger partial charge on any atom is -0.484 e. The van der Waals surface area contributed by atoms with Crippen LogP contribution in [0.1, 0.15) is 25.5 Å². The standard InChI is InChI=1S/C18H19ClFNO2/c1-12(2)18(13-3-7-15(20)8-4-13)21-17(22)11-23-16-9-5-14(19)6-10-16/h3-10,12,18H,11H2,1-2H3,(H,21,22). The molecule has 0 aliphatic rings. The summed E-state index contributed by atoms with van der Waals surface area (Å²) in [5.41, 5.74) is 0.862. The Balaban J connectivity index is 1.95. The minimum atomic E-state index is -0.298. The molecule has 0 aliphatic carbocycles. The van der Waals surface area contributed by atoms with Crippen molar-refractivity contribution in [3.05, 3.63) is 64.9 Å². The Hall–Kier alpha value is -2.07. The van der Waals surface area contributed by atoms with E-state index in [9.17, 15) is 9.18 Å². The van der Waals surface area contributed by atoms with E-state index in [-0.39, 0.29) is 30.3 Å². The number of carbonyl (C=O) groups is 1. The lowest BCUT2D eigenvalue weighted by molar-refractivity contribution is -0.124. The SMILES string of the molecule is CC(C)C(NC(=O)COc1ccc(Cl)cc1)c1ccc(F)cc1. The topological polar surface area (TPSA) is 38.3 Å². The zero-order chi connectivity index (χ0) is 16.8. The van der Waals surface area contributed by atoms with Gasteiger partial charge in [-0.3, -0.25) is 4.79 Å². The molecule has 0 aromatic heterocycles. The summed E-state index contributed by atoms with van der Waals surface area (Å²) in [5.74, 6) is 0.212. The summed E-state index contributed by atoms with van der Waals surface area (Å²) in [5, 5.41) is 3.53. The molecule has 0 saturated heterocycles. The highest BCUT2D eigenvalue weighted by Crippen LogP contribution is 2.22. The Kier molecular flexibility index (Phi) is 5.99. The third-order valence-electron chi connectivity index (χ3n) is 3.40. The lowest BCUT2D eigenvalue weighted by Gasteiger charge is -2.23. The van der Waals surface area contributed by atoms with Gasteiger partial charge >= 0.3 is 0 Å². The molecule has 2 aromatic rings. The van der Waals surface area contributed by atoms with Crippen molar-refractivity contribution in [2.45, 2.75) is 19.9 Å². The van der Waals surface area contributed by atoms with Crippen LogP contribution in [0.2, 0.25) is 5.02 Å². The summed E-state index contributed by atoms with van der Waals surface area (Å²) in [6.45, 7) is 3.90. The summed E-state index contributed by atoms with van der Waals surface area (Å²) in [6.07, 6.45) is 0. The molecule has 5 heteroatoms. The second kappa shape index (κ2) is 7.97. The molecule has 1 N–H and O–H groups in total. The molecule has 0 fully saturated rings. The van der Waals surface area contributed by atoms with Gasteiger partial charge in [-0.15, -0.1) is 0 Å². The van der Waals surface area contributed by atoms with Gasteiger partial charge in [0.15, 0.2) is 6.61 Å². The Morgan fingerprint density at radius 3 is 2.30 bits per heavy atom. The first-order chi connectivity index (χ1) is 11.0. The maximum absolute atomic E-state index is 13.0. The van der Waals surface area contributed by atoms with Crippen molar-refractivity contribution in [2.24, 2.45) is 5.92 Å². The van der Waals surface area contributed by atoms with Gasteiger partial charge in [0.25, 0.3) is 5.91 Å². The molecule has 0 heterocycles. The number of amides is 1. The molecular weight excluding hydrogens is 317 g/mol. The fourth-order valence-electron chi connectivity index (χ4n) is 2.20. The normalized spacial score (nSPS) is 12.0. The van der Waals surface area contributed by atoms with Gasteiger partial charge in [-0.1, -0.05) is 37.6 Å². The maximum Gasteiger partial charge on any atom is 0.258 e. The van der Waals surface area contributed by atoms with E-state index in [4.69, 9.17) is 16.3 Å². The summed E-state index contributed by atoms with van der Waals surface area (Å²) in [6, 6.07) is 12.7. The average molecular weight is 336 g/mol. The second-order valence-corrected chi connectivity index (χ2v) is 6.02. The van der Waals surface area contributed by atoms with Crippen LogP contribution in [0.4, 0.5) is 4.39 Å². The number of carbonyl (C=O) groups excluding carboxylic acids is 1. The first-order valence-electron chi connectivity index (χ1n) is 7.39. The van der Waals surface area contributed by atoms with E-state index in [0.29, 0.717) is 10.8 Å². The largest absolute Gasteiger partial charge is 0.484 e. The molecule has 0 radical (unpaired) electrons. The smallest absolute Gasteiger partial charge is 0.258 e. The Labute approximate surface area is 140 Å². The van der Waals surface area contributed by atoms with E-state index >= 15 is 0 Å². The average Bonchev–Trinajstić information content (AvgIpc) is 2.53. The second-order valence-electron chi connectivity index (χ2n) is 5.58. The van der Waals surface area contributed by atoms with E-state index in [1.807, 2.05) is 13.8 Å². The Morgan fingerprint density at radius 1 is 1.13 bits per heavy atom. The zero-order valence-electron chi connectivity index (χ0n) is 13.1. The number of benzene rings is 2. The van der Waals surface area contributed by atoms with Crippen LogP contribution in [0, 0.1) is 11.7 Å². The monoisotopic (exact) mass is 335 g/mol. The molecule has 0 bridgehead atoms. The van der Waals surface area contributed by atoms with Crippen molar-refractivity contribution >= 4 is 17.5 Å². The molecule has 0 saturated carbocycles. The zero-order valence-corrected chi connectivity index (χ0v) is 13.8. The van der Waals surface area contributed by atoms with E-state index in [1.165, 1.54) is 12.1 Å². The quantitative estimate of drug-likeness (QED) is 0.851. The van der Waals surface area contributed by atoms with Crippen molar-refractivity contribution in [1.29, 1.82) is 0 Å². The van der Waals surface area contributed by atoms with Crippen molar-refractivity contribution in [1.82, 2.24) is 5.32 Å². The molecule has 1 unspecified atom stereocenters. The minimum absolute atomic E-state index is 0.0912. The molecule has 0 spiro atoms. The number of rotatable bonds is 6. The van der Waals surface area contributed by atoms with Crippen molar-refractivity contribution in [2.75, 3.05) is 6.61 Å². The number of halogens is 2. The van der Waals surface area contributed by atoms with Crippen LogP contribution >= 0.6 is 11.6 Å². The summed E-state index contributed by atoms with van der Waals surface area (Å²) in [4.78, 5) is 12.1. The van der Waals surface area contributed by atoms with Gasteiger partial charge in [-0.2, -0.15) is 0 Å². The highest BCUT2D eigenvalue weighted by atomic mass is 35.5. The summed E-state index contributed by atoms with van der Waals surface area (Å²) < 4.78 is 18.5. The first kappa shape index (κ1) is 17.3. The van der Waals surface area contributed by atoms with Crippen molar-refractivity contribution in [3.8, 4) is 5.75 Å². The van der Waals surface area contributed by atoms with Gasteiger partial charge in [-0.25, -0.2) is 4.39 Å². The molecule has 2 rings (SSSR count). The van der Waals surface area contributed by atoms with Gasteiger partial charge in [0.1, 0.15) is 11.6 Å². The van der Waals surface area contributed by atoms with E-state index in [1.54, 1.807) is 36.4 Å². The third-order valence-corrected chi connectivity index (χ3v) is 3.65. The van der Waals surface area contributed by atoms with E-state index in [2.05, 4.69) is 5.32 Å². The predicted octanol–water partition coefficient (Wildman–Crippen LogP) is 4.37. The van der Waals surface area contributed by atoms with Crippen LogP contribution < -0.4 is 10.1 Å². The molecule has 1 atom stereocenters. The van der Waals surface area contributed by atoms with Gasteiger partial charge < -0.3 is 10.1 Å². The van der Waals surface area contributed by atoms with Gasteiger partial charge in [0, 0.05) is 5.02 Å². The number of hydrogen-bond acceptors (Lipinski definition) is 2. The summed E-state index contributed by atoms with van der Waals surface area (Å²) >= 11 is 5.80. The maximum atomic E-state index is 13.0. The van der Waals surface area contributed by atoms with Crippen LogP contribution in [-0.2, 0) is 4.79 Å². The van der Waals surface area contributed by atoms with Gasteiger partial charge in [-0.05, 0) is 47.9 Å². The van der Waals surface area contributed by atoms with E-state index in [0.717, 1.165) is 5.56 Å². The van der Waals surface area contributed by atoms with Crippen LogP contribution in [0.15, 0.2) is 48.5 Å². The van der Waals surface area contributed by atoms with Gasteiger partial charge in [0.05, 0.1) is 6.04 Å². The van der Waals surface area contributed by atoms with E-state index < -0.39 is 0 Å².